The van der Waals surface area contributed by atoms with E-state index in [4.69, 9.17) is 22.3 Å². The lowest BCUT2D eigenvalue weighted by molar-refractivity contribution is -0.144. The molecule has 0 aromatic heterocycles. The molecule has 1 rings (SSSR count). The largest absolute Gasteiger partial charge is 0.481 e. The van der Waals surface area contributed by atoms with Gasteiger partial charge in [-0.1, -0.05) is 78.3 Å². The molecule has 0 saturated heterocycles. The minimum atomic E-state index is -1.75. The van der Waals surface area contributed by atoms with Gasteiger partial charge in [0.1, 0.15) is 48.3 Å². The summed E-state index contributed by atoms with van der Waals surface area (Å²) in [5, 5.41) is 59.4. The summed E-state index contributed by atoms with van der Waals surface area (Å²) in [6.07, 6.45) is -1.68. The topological polar surface area (TPSA) is 443 Å². The summed E-state index contributed by atoms with van der Waals surface area (Å²) in [6.45, 7) is 12.2. The van der Waals surface area contributed by atoms with E-state index in [1.54, 1.807) is 58.0 Å². The monoisotopic (exact) mass is 1120 g/mol. The van der Waals surface area contributed by atoms with Crippen molar-refractivity contribution in [3.05, 3.63) is 35.9 Å². The molecule has 0 bridgehead atoms. The van der Waals surface area contributed by atoms with E-state index in [1.165, 1.54) is 0 Å². The molecule has 11 atom stereocenters. The molecule has 0 heterocycles. The Morgan fingerprint density at radius 1 is 0.468 bits per heavy atom. The average molecular weight is 1120 g/mol. The fourth-order valence-electron chi connectivity index (χ4n) is 8.16. The molecule has 446 valence electrons. The molecular weight excluding hydrogens is 1030 g/mol. The molecule has 0 fully saturated rings. The van der Waals surface area contributed by atoms with Crippen LogP contribution in [-0.4, -0.2) is 159 Å². The van der Waals surface area contributed by atoms with Crippen LogP contribution in [0.2, 0.25) is 0 Å². The van der Waals surface area contributed by atoms with E-state index in [0.29, 0.717) is 31.2 Å². The molecule has 0 radical (unpaired) electrons. The minimum Gasteiger partial charge on any atom is -0.481 e. The quantitative estimate of drug-likeness (QED) is 0.0351. The summed E-state index contributed by atoms with van der Waals surface area (Å²) in [6, 6.07) is -3.88. The number of carbonyl (C=O) groups excluding carboxylic acids is 8. The highest BCUT2D eigenvalue weighted by atomic mass is 16.4. The summed E-state index contributed by atoms with van der Waals surface area (Å²) in [7, 11) is 0. The van der Waals surface area contributed by atoms with Crippen molar-refractivity contribution in [1.82, 2.24) is 42.5 Å². The molecule has 26 heteroatoms. The second-order valence-electron chi connectivity index (χ2n) is 20.8. The zero-order chi connectivity index (χ0) is 59.9. The van der Waals surface area contributed by atoms with Crippen LogP contribution in [0.25, 0.3) is 0 Å². The van der Waals surface area contributed by atoms with Gasteiger partial charge in [-0.2, -0.15) is 0 Å². The lowest BCUT2D eigenvalue weighted by Crippen LogP contribution is -2.61. The van der Waals surface area contributed by atoms with Gasteiger partial charge in [-0.25, -0.2) is 4.79 Å². The van der Waals surface area contributed by atoms with E-state index in [1.807, 2.05) is 13.8 Å². The Kier molecular flexibility index (Phi) is 33.0. The van der Waals surface area contributed by atoms with E-state index in [-0.39, 0.29) is 69.9 Å². The highest BCUT2D eigenvalue weighted by Gasteiger charge is 2.37. The van der Waals surface area contributed by atoms with Gasteiger partial charge in [0, 0.05) is 19.3 Å². The van der Waals surface area contributed by atoms with Gasteiger partial charge in [-0.3, -0.25) is 47.9 Å². The van der Waals surface area contributed by atoms with Gasteiger partial charge in [0.15, 0.2) is 0 Å². The molecule has 0 aliphatic heterocycles. The minimum absolute atomic E-state index is 0.000978. The SMILES string of the molecule is CC[C@H](C)[C@H](NC(=O)[C@H](Cc1ccccc1)NC(=O)[C@H](CC(C)C)NC(=O)[C@H](CC(C)C)NC(=O)[C@H](CCCCN)NC(=O)[C@H](CCCCN)NC(=O)[C@H](CCC(=O)O)NC(=O)[C@@H](NC(=O)[C@@H](N)CCC(=O)O)[C@@H](C)O)C(=O)O. The van der Waals surface area contributed by atoms with Gasteiger partial charge >= 0.3 is 17.9 Å². The number of aliphatic hydroxyl groups is 1. The standard InChI is InChI=1S/C53H89N11O15/c1-8-31(6)43(53(78)79)63-51(76)40(28-33-16-10-9-11-17-33)62-50(75)39(27-30(4)5)61-49(74)38(26-29(2)3)60-47(72)36(19-13-15-25-55)57-46(71)35(18-12-14-24-54)58-48(73)37(21-23-42(68)69)59-52(77)44(32(7)65)64-45(70)34(56)20-22-41(66)67/h9-11,16-17,29-32,34-40,43-44,65H,8,12-15,18-28,54-56H2,1-7H3,(H,57,71)(H,58,73)(H,59,77)(H,60,72)(H,61,74)(H,62,75)(H,63,76)(H,64,70)(H,66,67)(H,68,69)(H,78,79)/t31-,32+,34-,35-,36-,37-,38-,39-,40-,43-,44-/m0/s1. The van der Waals surface area contributed by atoms with Crippen molar-refractivity contribution in [3.63, 3.8) is 0 Å². The third kappa shape index (κ3) is 27.6. The number of hydrogen-bond acceptors (Lipinski definition) is 15. The third-order valence-corrected chi connectivity index (χ3v) is 12.9. The van der Waals surface area contributed by atoms with Crippen LogP contribution < -0.4 is 59.7 Å². The lowest BCUT2D eigenvalue weighted by atomic mass is 9.97. The molecule has 8 amide bonds. The summed E-state index contributed by atoms with van der Waals surface area (Å²) in [5.41, 5.74) is 18.0. The highest BCUT2D eigenvalue weighted by Crippen LogP contribution is 2.15. The molecule has 26 nitrogen and oxygen atoms in total. The molecule has 1 aromatic rings. The Labute approximate surface area is 462 Å². The molecule has 0 saturated carbocycles. The molecule has 0 aliphatic carbocycles. The van der Waals surface area contributed by atoms with Crippen molar-refractivity contribution in [2.24, 2.45) is 35.0 Å². The first-order valence-electron chi connectivity index (χ1n) is 27.1. The van der Waals surface area contributed by atoms with Crippen molar-refractivity contribution < 1.29 is 73.2 Å². The Balaban J connectivity index is 3.57. The number of nitrogens with one attached hydrogen (secondary N) is 8. The van der Waals surface area contributed by atoms with Crippen molar-refractivity contribution >= 4 is 65.2 Å². The van der Waals surface area contributed by atoms with E-state index in [9.17, 15) is 68.1 Å². The summed E-state index contributed by atoms with van der Waals surface area (Å²) >= 11 is 0. The molecular formula is C53H89N11O15. The van der Waals surface area contributed by atoms with Gasteiger partial charge in [-0.05, 0) is 108 Å². The maximum Gasteiger partial charge on any atom is 0.326 e. The summed E-state index contributed by atoms with van der Waals surface area (Å²) in [4.78, 5) is 146. The smallest absolute Gasteiger partial charge is 0.326 e. The van der Waals surface area contributed by atoms with Crippen LogP contribution in [0.1, 0.15) is 138 Å². The Bertz CT molecular complexity index is 2150. The van der Waals surface area contributed by atoms with Gasteiger partial charge < -0.3 is 80.2 Å². The summed E-state index contributed by atoms with van der Waals surface area (Å²) < 4.78 is 0. The molecule has 18 N–H and O–H groups in total. The van der Waals surface area contributed by atoms with Gasteiger partial charge in [0.05, 0.1) is 12.1 Å². The Hall–Kier alpha value is -6.77. The number of amides is 8. The number of carboxylic acids is 3. The second kappa shape index (κ2) is 37.2. The van der Waals surface area contributed by atoms with Crippen LogP contribution in [0.3, 0.4) is 0 Å². The number of nitrogens with two attached hydrogens (primary N) is 3. The number of carboxylic acid groups (broad SMARTS) is 3. The van der Waals surface area contributed by atoms with Gasteiger partial charge in [0.2, 0.25) is 47.3 Å². The number of carbonyl (C=O) groups is 11. The number of rotatable bonds is 40. The first-order valence-corrected chi connectivity index (χ1v) is 27.1. The van der Waals surface area contributed by atoms with Crippen molar-refractivity contribution in [3.8, 4) is 0 Å². The lowest BCUT2D eigenvalue weighted by Gasteiger charge is -2.29. The average Bonchev–Trinajstić information content (AvgIpc) is 3.38. The van der Waals surface area contributed by atoms with Crippen LogP contribution in [0.15, 0.2) is 30.3 Å². The zero-order valence-corrected chi connectivity index (χ0v) is 46.7. The molecule has 79 heavy (non-hydrogen) atoms. The van der Waals surface area contributed by atoms with Crippen molar-refractivity contribution in [2.75, 3.05) is 13.1 Å². The first kappa shape index (κ1) is 70.2. The highest BCUT2D eigenvalue weighted by molar-refractivity contribution is 5.98. The van der Waals surface area contributed by atoms with Gasteiger partial charge in [-0.15, -0.1) is 0 Å². The van der Waals surface area contributed by atoms with E-state index in [0.717, 1.165) is 6.92 Å². The van der Waals surface area contributed by atoms with Crippen LogP contribution in [0, 0.1) is 17.8 Å². The number of unbranched alkanes of at least 4 members (excludes halogenated alkanes) is 2. The molecule has 0 aliphatic rings. The van der Waals surface area contributed by atoms with Crippen molar-refractivity contribution in [1.29, 1.82) is 0 Å². The second-order valence-corrected chi connectivity index (χ2v) is 20.8. The maximum absolute atomic E-state index is 14.4. The number of hydrogen-bond donors (Lipinski definition) is 15. The van der Waals surface area contributed by atoms with Crippen LogP contribution in [-0.2, 0) is 59.2 Å². The fourth-order valence-corrected chi connectivity index (χ4v) is 8.16. The predicted octanol–water partition coefficient (Wildman–Crippen LogP) is -0.974. The van der Waals surface area contributed by atoms with Crippen LogP contribution >= 0.6 is 0 Å². The van der Waals surface area contributed by atoms with E-state index < -0.39 is 151 Å². The Morgan fingerprint density at radius 2 is 0.848 bits per heavy atom. The van der Waals surface area contributed by atoms with Crippen LogP contribution in [0.5, 0.6) is 0 Å². The molecule has 0 spiro atoms. The maximum atomic E-state index is 14.4. The van der Waals surface area contributed by atoms with Crippen molar-refractivity contribution in [2.45, 2.75) is 199 Å². The number of aliphatic hydroxyl groups excluding tert-OH is 1. The van der Waals surface area contributed by atoms with Gasteiger partial charge in [0.25, 0.3) is 0 Å². The predicted molar refractivity (Wildman–Crippen MR) is 291 cm³/mol. The fraction of sp³-hybridized carbons (Fsp3) is 0.679. The van der Waals surface area contributed by atoms with E-state index in [2.05, 4.69) is 42.5 Å². The Morgan fingerprint density at radius 3 is 1.25 bits per heavy atom. The number of benzene rings is 1. The van der Waals surface area contributed by atoms with E-state index >= 15 is 0 Å². The van der Waals surface area contributed by atoms with Crippen LogP contribution in [0.4, 0.5) is 0 Å². The molecule has 1 aromatic carbocycles. The molecule has 0 unspecified atom stereocenters. The third-order valence-electron chi connectivity index (χ3n) is 12.9. The normalized spacial score (nSPS) is 15.5. The number of aliphatic carboxylic acids is 3. The zero-order valence-electron chi connectivity index (χ0n) is 46.7. The first-order chi connectivity index (χ1) is 37.1. The summed E-state index contributed by atoms with van der Waals surface area (Å²) in [5.74, 6) is -11.8.